The smallest absolute Gasteiger partial charge is 0.264 e. The maximum Gasteiger partial charge on any atom is 0.264 e. The molecular formula is C39H45N3O6S2. The van der Waals surface area contributed by atoms with Gasteiger partial charge in [0.05, 0.1) is 24.3 Å². The van der Waals surface area contributed by atoms with Gasteiger partial charge in [0.1, 0.15) is 24.1 Å². The molecule has 5 rings (SSSR count). The van der Waals surface area contributed by atoms with E-state index >= 15 is 0 Å². The van der Waals surface area contributed by atoms with Crippen LogP contribution in [0.5, 0.6) is 11.5 Å². The Morgan fingerprint density at radius 3 is 2.26 bits per heavy atom. The predicted octanol–water partition coefficient (Wildman–Crippen LogP) is 6.71. The van der Waals surface area contributed by atoms with E-state index in [-0.39, 0.29) is 35.5 Å². The second-order valence-electron chi connectivity index (χ2n) is 12.2. The van der Waals surface area contributed by atoms with Gasteiger partial charge in [0.15, 0.2) is 0 Å². The molecule has 0 heterocycles. The van der Waals surface area contributed by atoms with Crippen molar-refractivity contribution >= 4 is 39.3 Å². The number of benzene rings is 4. The average molecular weight is 716 g/mol. The van der Waals surface area contributed by atoms with Crippen molar-refractivity contribution < 1.29 is 27.5 Å². The summed E-state index contributed by atoms with van der Waals surface area (Å²) in [5.41, 5.74) is 1.84. The molecule has 0 radical (unpaired) electrons. The van der Waals surface area contributed by atoms with E-state index in [1.807, 2.05) is 67.8 Å². The van der Waals surface area contributed by atoms with Crippen LogP contribution in [0, 0.1) is 0 Å². The number of nitrogens with one attached hydrogen (secondary N) is 1. The highest BCUT2D eigenvalue weighted by Crippen LogP contribution is 2.33. The first kappa shape index (κ1) is 36.8. The van der Waals surface area contributed by atoms with Gasteiger partial charge in [-0.2, -0.15) is 0 Å². The number of anilines is 1. The van der Waals surface area contributed by atoms with Crippen molar-refractivity contribution in [1.29, 1.82) is 0 Å². The minimum absolute atomic E-state index is 0.0220. The molecule has 1 fully saturated rings. The molecule has 1 saturated carbocycles. The maximum atomic E-state index is 14.9. The van der Waals surface area contributed by atoms with Gasteiger partial charge in [-0.05, 0) is 85.7 Å². The van der Waals surface area contributed by atoms with Gasteiger partial charge in [0, 0.05) is 23.9 Å². The number of para-hydroxylation sites is 2. The number of thioether (sulfide) groups is 1. The van der Waals surface area contributed by atoms with Crippen LogP contribution in [0.1, 0.15) is 43.7 Å². The molecular weight excluding hydrogens is 671 g/mol. The summed E-state index contributed by atoms with van der Waals surface area (Å²) in [5.74, 6) is 0.124. The number of carbonyl (C=O) groups excluding carboxylic acids is 2. The summed E-state index contributed by atoms with van der Waals surface area (Å²) < 4.78 is 41.5. The van der Waals surface area contributed by atoms with Gasteiger partial charge < -0.3 is 19.7 Å². The summed E-state index contributed by atoms with van der Waals surface area (Å²) in [7, 11) is -2.71. The van der Waals surface area contributed by atoms with Gasteiger partial charge in [-0.15, -0.1) is 11.8 Å². The monoisotopic (exact) mass is 715 g/mol. The Morgan fingerprint density at radius 1 is 0.900 bits per heavy atom. The molecule has 1 aliphatic rings. The zero-order valence-electron chi connectivity index (χ0n) is 28.8. The maximum absolute atomic E-state index is 14.9. The summed E-state index contributed by atoms with van der Waals surface area (Å²) >= 11 is 1.50. The molecule has 0 aromatic heterocycles. The molecule has 264 valence electrons. The molecule has 0 saturated heterocycles. The molecule has 1 aliphatic carbocycles. The molecule has 0 spiro atoms. The number of sulfonamides is 1. The van der Waals surface area contributed by atoms with Crippen molar-refractivity contribution in [1.82, 2.24) is 10.2 Å². The topological polar surface area (TPSA) is 105 Å². The fraction of sp³-hybridized carbons (Fsp3) is 0.333. The highest BCUT2D eigenvalue weighted by Gasteiger charge is 2.36. The van der Waals surface area contributed by atoms with E-state index in [9.17, 15) is 18.0 Å². The van der Waals surface area contributed by atoms with E-state index in [1.165, 1.54) is 16.7 Å². The normalized spacial score (nSPS) is 13.7. The number of hydrogen-bond donors (Lipinski definition) is 1. The number of hydrogen-bond acceptors (Lipinski definition) is 7. The molecule has 2 amide bonds. The molecule has 50 heavy (non-hydrogen) atoms. The second kappa shape index (κ2) is 17.4. The first-order valence-corrected chi connectivity index (χ1v) is 19.5. The number of ether oxygens (including phenoxy) is 2. The Bertz CT molecular complexity index is 1830. The third-order valence-corrected chi connectivity index (χ3v) is 11.3. The van der Waals surface area contributed by atoms with Crippen molar-refractivity contribution in [2.24, 2.45) is 0 Å². The van der Waals surface area contributed by atoms with E-state index in [2.05, 4.69) is 5.32 Å². The van der Waals surface area contributed by atoms with Gasteiger partial charge in [0.25, 0.3) is 10.0 Å². The lowest BCUT2D eigenvalue weighted by molar-refractivity contribution is -0.140. The quantitative estimate of drug-likeness (QED) is 0.129. The second-order valence-corrected chi connectivity index (χ2v) is 14.9. The molecule has 1 N–H and O–H groups in total. The minimum Gasteiger partial charge on any atom is -0.497 e. The van der Waals surface area contributed by atoms with Crippen LogP contribution >= 0.6 is 11.8 Å². The highest BCUT2D eigenvalue weighted by atomic mass is 32.2. The molecule has 9 nitrogen and oxygen atoms in total. The van der Waals surface area contributed by atoms with Crippen molar-refractivity contribution in [2.45, 2.75) is 67.4 Å². The number of methoxy groups -OCH3 is 1. The summed E-state index contributed by atoms with van der Waals surface area (Å²) in [4.78, 5) is 31.6. The molecule has 11 heteroatoms. The lowest BCUT2D eigenvalue weighted by atomic mass is 10.0. The van der Waals surface area contributed by atoms with Crippen LogP contribution in [0.4, 0.5) is 5.69 Å². The summed E-state index contributed by atoms with van der Waals surface area (Å²) in [6.07, 6.45) is 5.98. The number of rotatable bonds is 16. The third kappa shape index (κ3) is 9.19. The number of carbonyl (C=O) groups is 2. The van der Waals surface area contributed by atoms with Crippen LogP contribution in [0.2, 0.25) is 0 Å². The average Bonchev–Trinajstić information content (AvgIpc) is 3.66. The zero-order valence-corrected chi connectivity index (χ0v) is 30.4. The Morgan fingerprint density at radius 2 is 1.58 bits per heavy atom. The molecule has 0 bridgehead atoms. The minimum atomic E-state index is -4.28. The molecule has 4 aromatic carbocycles. The fourth-order valence-corrected chi connectivity index (χ4v) is 8.05. The summed E-state index contributed by atoms with van der Waals surface area (Å²) in [6, 6.07) is 29.3. The van der Waals surface area contributed by atoms with Crippen molar-refractivity contribution in [3.8, 4) is 11.5 Å². The van der Waals surface area contributed by atoms with E-state index in [0.717, 1.165) is 46.0 Å². The highest BCUT2D eigenvalue weighted by molar-refractivity contribution is 7.98. The van der Waals surface area contributed by atoms with Crippen LogP contribution in [0.3, 0.4) is 0 Å². The Balaban J connectivity index is 1.60. The van der Waals surface area contributed by atoms with Crippen molar-refractivity contribution in [3.63, 3.8) is 0 Å². The van der Waals surface area contributed by atoms with Gasteiger partial charge in [0.2, 0.25) is 11.8 Å². The first-order chi connectivity index (χ1) is 24.2. The van der Waals surface area contributed by atoms with Crippen molar-refractivity contribution in [2.75, 3.05) is 30.8 Å². The Kier molecular flexibility index (Phi) is 12.8. The largest absolute Gasteiger partial charge is 0.497 e. The standard InChI is InChI=1S/C39H45N3O6S2/c1-4-48-37-20-11-10-19-35(37)42(50(45,46)34-23-21-33(49-3)22-24-34)28-38(43)41(27-30-15-12-18-32(25-30)47-2)36(26-29-13-6-5-7-14-29)39(44)40-31-16-8-9-17-31/h5-7,10-15,18-25,31,36H,4,8-9,16-17,26-28H2,1-3H3,(H,40,44)/t36-/m1/s1. The number of nitrogens with zero attached hydrogens (tertiary/aromatic N) is 2. The Hall–Kier alpha value is -4.48. The first-order valence-electron chi connectivity index (χ1n) is 16.9. The van der Waals surface area contributed by atoms with E-state index in [1.54, 1.807) is 55.6 Å². The van der Waals surface area contributed by atoms with E-state index in [0.29, 0.717) is 18.1 Å². The number of amides is 2. The summed E-state index contributed by atoms with van der Waals surface area (Å²) in [6.45, 7) is 1.59. The zero-order chi connectivity index (χ0) is 35.5. The van der Waals surface area contributed by atoms with Gasteiger partial charge in [-0.3, -0.25) is 13.9 Å². The SMILES string of the molecule is CCOc1ccccc1N(CC(=O)N(Cc1cccc(OC)c1)[C@H](Cc1ccccc1)C(=O)NC1CCCC1)S(=O)(=O)c1ccc(SC)cc1. The molecule has 4 aromatic rings. The van der Waals surface area contributed by atoms with Crippen LogP contribution in [-0.2, 0) is 32.6 Å². The Labute approximate surface area is 300 Å². The molecule has 0 unspecified atom stereocenters. The fourth-order valence-electron chi connectivity index (χ4n) is 6.22. The van der Waals surface area contributed by atoms with Crippen LogP contribution < -0.4 is 19.1 Å². The molecule has 1 atom stereocenters. The molecule has 0 aliphatic heterocycles. The van der Waals surface area contributed by atoms with E-state index < -0.39 is 28.5 Å². The van der Waals surface area contributed by atoms with Gasteiger partial charge in [-0.25, -0.2) is 8.42 Å². The van der Waals surface area contributed by atoms with Gasteiger partial charge >= 0.3 is 0 Å². The van der Waals surface area contributed by atoms with Crippen LogP contribution in [-0.4, -0.2) is 63.7 Å². The van der Waals surface area contributed by atoms with Crippen LogP contribution in [0.25, 0.3) is 0 Å². The van der Waals surface area contributed by atoms with E-state index in [4.69, 9.17) is 9.47 Å². The predicted molar refractivity (Wildman–Crippen MR) is 198 cm³/mol. The van der Waals surface area contributed by atoms with Crippen molar-refractivity contribution in [3.05, 3.63) is 114 Å². The van der Waals surface area contributed by atoms with Crippen LogP contribution in [0.15, 0.2) is 113 Å². The lowest BCUT2D eigenvalue weighted by Crippen LogP contribution is -2.54. The lowest BCUT2D eigenvalue weighted by Gasteiger charge is -2.34. The summed E-state index contributed by atoms with van der Waals surface area (Å²) in [5, 5.41) is 3.21. The van der Waals surface area contributed by atoms with Gasteiger partial charge in [-0.1, -0.05) is 67.4 Å². The third-order valence-electron chi connectivity index (χ3n) is 8.82.